The van der Waals surface area contributed by atoms with Gasteiger partial charge >= 0.3 is 0 Å². The van der Waals surface area contributed by atoms with Crippen LogP contribution in [0.5, 0.6) is 5.75 Å². The third-order valence-corrected chi connectivity index (χ3v) is 4.92. The Labute approximate surface area is 175 Å². The van der Waals surface area contributed by atoms with E-state index in [1.165, 1.54) is 0 Å². The highest BCUT2D eigenvalue weighted by Gasteiger charge is 2.21. The van der Waals surface area contributed by atoms with E-state index < -0.39 is 0 Å². The number of carbonyl (C=O) groups is 1. The number of carbonyl (C=O) groups excluding carboxylic acids is 1. The molecule has 2 aromatic rings. The van der Waals surface area contributed by atoms with E-state index in [-0.39, 0.29) is 30.3 Å². The number of benzene rings is 1. The third-order valence-electron chi connectivity index (χ3n) is 4.92. The van der Waals surface area contributed by atoms with Crippen LogP contribution in [0.15, 0.2) is 30.0 Å². The molecule has 1 aliphatic rings. The number of ether oxygens (including phenoxy) is 1. The van der Waals surface area contributed by atoms with E-state index >= 15 is 0 Å². The Kier molecular flexibility index (Phi) is 7.03. The second-order valence-corrected chi connectivity index (χ2v) is 7.29. The summed E-state index contributed by atoms with van der Waals surface area (Å²) in [5.74, 6) is 1.50. The van der Waals surface area contributed by atoms with Gasteiger partial charge in [0.05, 0.1) is 20.2 Å². The number of aromatic nitrogens is 3. The van der Waals surface area contributed by atoms with E-state index in [0.717, 1.165) is 38.1 Å². The van der Waals surface area contributed by atoms with Crippen LogP contribution in [0.1, 0.15) is 30.9 Å². The molecule has 1 amide bonds. The first-order chi connectivity index (χ1) is 14.5. The van der Waals surface area contributed by atoms with Crippen molar-refractivity contribution in [1.82, 2.24) is 19.7 Å². The maximum atomic E-state index is 12.3. The van der Waals surface area contributed by atoms with Crippen LogP contribution in [0.3, 0.4) is 0 Å². The average Bonchev–Trinajstić information content (AvgIpc) is 2.95. The number of aliphatic hydroxyl groups is 1. The van der Waals surface area contributed by atoms with Crippen molar-refractivity contribution in [3.05, 3.63) is 41.7 Å². The Hall–Kier alpha value is -3.38. The standard InChI is InChI=1S/C21H26N6O3/c1-26(14-20(29)23-15-7-6-8-16(11-15)30-2)13-18(28)17(12-22)21-25-24-19-9-4-3-5-10-27(19)21/h6-8,11,28H,3-5,9-10,13-14H2,1-2H3,(H,23,29)/b18-17-. The lowest BCUT2D eigenvalue weighted by molar-refractivity contribution is -0.117. The van der Waals surface area contributed by atoms with E-state index in [9.17, 15) is 15.2 Å². The maximum absolute atomic E-state index is 12.3. The fraction of sp³-hybridized carbons (Fsp3) is 0.429. The molecule has 1 aromatic carbocycles. The lowest BCUT2D eigenvalue weighted by atomic mass is 10.2. The van der Waals surface area contributed by atoms with Crippen molar-refractivity contribution >= 4 is 17.2 Å². The van der Waals surface area contributed by atoms with Gasteiger partial charge in [0.2, 0.25) is 5.91 Å². The number of aryl methyl sites for hydroxylation is 1. The SMILES string of the molecule is COc1cccc(NC(=O)CN(C)C/C(O)=C(\C#N)c2nnc3n2CCCCC3)c1. The lowest BCUT2D eigenvalue weighted by Crippen LogP contribution is -2.32. The van der Waals surface area contributed by atoms with Crippen molar-refractivity contribution in [3.63, 3.8) is 0 Å². The monoisotopic (exact) mass is 410 g/mol. The Bertz CT molecular complexity index is 975. The normalized spacial score (nSPS) is 14.3. The number of nitrogens with one attached hydrogen (secondary N) is 1. The number of methoxy groups -OCH3 is 1. The van der Waals surface area contributed by atoms with Crippen molar-refractivity contribution in [3.8, 4) is 11.8 Å². The van der Waals surface area contributed by atoms with Crippen LogP contribution in [-0.4, -0.2) is 57.9 Å². The van der Waals surface area contributed by atoms with Crippen LogP contribution in [0, 0.1) is 11.3 Å². The zero-order valence-corrected chi connectivity index (χ0v) is 17.3. The first-order valence-corrected chi connectivity index (χ1v) is 9.89. The van der Waals surface area contributed by atoms with Gasteiger partial charge in [0.15, 0.2) is 5.82 Å². The number of hydrogen-bond donors (Lipinski definition) is 2. The number of likely N-dealkylation sites (N-methyl/N-ethyl adjacent to an activating group) is 1. The average molecular weight is 410 g/mol. The minimum absolute atomic E-state index is 0.0383. The van der Waals surface area contributed by atoms with Crippen LogP contribution in [0.25, 0.3) is 5.57 Å². The van der Waals surface area contributed by atoms with E-state index in [2.05, 4.69) is 21.6 Å². The second-order valence-electron chi connectivity index (χ2n) is 7.29. The van der Waals surface area contributed by atoms with Gasteiger partial charge in [-0.3, -0.25) is 9.69 Å². The number of hydrogen-bond acceptors (Lipinski definition) is 7. The summed E-state index contributed by atoms with van der Waals surface area (Å²) in [6.07, 6.45) is 3.95. The molecule has 0 aliphatic carbocycles. The molecule has 1 aliphatic heterocycles. The molecular weight excluding hydrogens is 384 g/mol. The molecule has 0 atom stereocenters. The molecule has 0 saturated carbocycles. The van der Waals surface area contributed by atoms with Crippen molar-refractivity contribution in [2.24, 2.45) is 0 Å². The number of allylic oxidation sites excluding steroid dienone is 1. The van der Waals surface area contributed by atoms with Crippen LogP contribution in [0.2, 0.25) is 0 Å². The largest absolute Gasteiger partial charge is 0.509 e. The molecule has 3 rings (SSSR count). The van der Waals surface area contributed by atoms with E-state index in [1.807, 2.05) is 4.57 Å². The molecule has 2 heterocycles. The summed E-state index contributed by atoms with van der Waals surface area (Å²) < 4.78 is 7.06. The summed E-state index contributed by atoms with van der Waals surface area (Å²) >= 11 is 0. The fourth-order valence-electron chi connectivity index (χ4n) is 3.45. The summed E-state index contributed by atoms with van der Waals surface area (Å²) in [6.45, 7) is 0.809. The highest BCUT2D eigenvalue weighted by molar-refractivity contribution is 5.92. The Morgan fingerprint density at radius 1 is 1.33 bits per heavy atom. The molecule has 9 nitrogen and oxygen atoms in total. The summed E-state index contributed by atoms with van der Waals surface area (Å²) in [7, 11) is 3.26. The molecule has 9 heteroatoms. The molecule has 0 bridgehead atoms. The van der Waals surface area contributed by atoms with Gasteiger partial charge in [-0.05, 0) is 32.0 Å². The van der Waals surface area contributed by atoms with E-state index in [0.29, 0.717) is 17.3 Å². The van der Waals surface area contributed by atoms with Gasteiger partial charge in [-0.15, -0.1) is 10.2 Å². The van der Waals surface area contributed by atoms with Gasteiger partial charge < -0.3 is 19.7 Å². The van der Waals surface area contributed by atoms with E-state index in [1.54, 1.807) is 43.3 Å². The molecule has 1 aromatic heterocycles. The van der Waals surface area contributed by atoms with Crippen LogP contribution >= 0.6 is 0 Å². The van der Waals surface area contributed by atoms with Crippen molar-refractivity contribution in [1.29, 1.82) is 5.26 Å². The van der Waals surface area contributed by atoms with Crippen molar-refractivity contribution < 1.29 is 14.6 Å². The summed E-state index contributed by atoms with van der Waals surface area (Å²) in [5, 5.41) is 31.3. The molecule has 0 radical (unpaired) electrons. The molecule has 0 spiro atoms. The highest BCUT2D eigenvalue weighted by Crippen LogP contribution is 2.21. The summed E-state index contributed by atoms with van der Waals surface area (Å²) in [4.78, 5) is 13.9. The fourth-order valence-corrected chi connectivity index (χ4v) is 3.45. The minimum atomic E-state index is -0.242. The number of anilines is 1. The second kappa shape index (κ2) is 9.89. The quantitative estimate of drug-likeness (QED) is 0.532. The molecular formula is C21H26N6O3. The van der Waals surface area contributed by atoms with Crippen molar-refractivity contribution in [2.45, 2.75) is 32.2 Å². The van der Waals surface area contributed by atoms with Crippen LogP contribution < -0.4 is 10.1 Å². The third kappa shape index (κ3) is 5.15. The lowest BCUT2D eigenvalue weighted by Gasteiger charge is -2.17. The zero-order chi connectivity index (χ0) is 21.5. The van der Waals surface area contributed by atoms with Crippen LogP contribution in [-0.2, 0) is 17.8 Å². The zero-order valence-electron chi connectivity index (χ0n) is 17.3. The Balaban J connectivity index is 1.66. The number of rotatable bonds is 7. The topological polar surface area (TPSA) is 116 Å². The first kappa shape index (κ1) is 21.3. The molecule has 158 valence electrons. The summed E-state index contributed by atoms with van der Waals surface area (Å²) in [5.41, 5.74) is 0.715. The van der Waals surface area contributed by atoms with Gasteiger partial charge in [0.1, 0.15) is 29.0 Å². The van der Waals surface area contributed by atoms with Gasteiger partial charge in [-0.1, -0.05) is 12.5 Å². The van der Waals surface area contributed by atoms with Crippen LogP contribution in [0.4, 0.5) is 5.69 Å². The highest BCUT2D eigenvalue weighted by atomic mass is 16.5. The number of nitriles is 1. The summed E-state index contributed by atoms with van der Waals surface area (Å²) in [6, 6.07) is 9.12. The molecule has 2 N–H and O–H groups in total. The Morgan fingerprint density at radius 3 is 2.93 bits per heavy atom. The smallest absolute Gasteiger partial charge is 0.238 e. The Morgan fingerprint density at radius 2 is 2.17 bits per heavy atom. The maximum Gasteiger partial charge on any atom is 0.238 e. The van der Waals surface area contributed by atoms with Crippen molar-refractivity contribution in [2.75, 3.05) is 32.6 Å². The number of nitrogens with zero attached hydrogens (tertiary/aromatic N) is 5. The minimum Gasteiger partial charge on any atom is -0.509 e. The van der Waals surface area contributed by atoms with E-state index in [4.69, 9.17) is 4.74 Å². The number of aliphatic hydroxyl groups excluding tert-OH is 1. The van der Waals surface area contributed by atoms with Gasteiger partial charge in [-0.25, -0.2) is 0 Å². The van der Waals surface area contributed by atoms with Gasteiger partial charge in [-0.2, -0.15) is 5.26 Å². The predicted molar refractivity (Wildman–Crippen MR) is 112 cm³/mol. The van der Waals surface area contributed by atoms with Gasteiger partial charge in [0, 0.05) is 24.7 Å². The predicted octanol–water partition coefficient (Wildman–Crippen LogP) is 2.38. The van der Waals surface area contributed by atoms with Gasteiger partial charge in [0.25, 0.3) is 0 Å². The molecule has 0 saturated heterocycles. The molecule has 30 heavy (non-hydrogen) atoms. The number of amides is 1. The molecule has 0 fully saturated rings. The first-order valence-electron chi connectivity index (χ1n) is 9.89. The number of fused-ring (bicyclic) bond motifs is 1. The molecule has 0 unspecified atom stereocenters.